The third-order valence-electron chi connectivity index (χ3n) is 2.94. The maximum absolute atomic E-state index is 9.28. The molecular formula is C13H29NO2. The van der Waals surface area contributed by atoms with Gasteiger partial charge in [-0.05, 0) is 26.2 Å². The van der Waals surface area contributed by atoms with Crippen LogP contribution in [0.2, 0.25) is 0 Å². The molecule has 0 amide bonds. The highest BCUT2D eigenvalue weighted by atomic mass is 16.3. The van der Waals surface area contributed by atoms with E-state index in [0.29, 0.717) is 12.5 Å². The van der Waals surface area contributed by atoms with Crippen LogP contribution in [0.5, 0.6) is 0 Å². The monoisotopic (exact) mass is 231 g/mol. The Labute approximate surface area is 100 Å². The van der Waals surface area contributed by atoms with E-state index in [1.165, 1.54) is 19.3 Å². The Bertz CT molecular complexity index is 171. The summed E-state index contributed by atoms with van der Waals surface area (Å²) in [6, 6.07) is 0. The van der Waals surface area contributed by atoms with Crippen molar-refractivity contribution in [2.45, 2.75) is 65.0 Å². The van der Waals surface area contributed by atoms with Crippen LogP contribution in [0, 0.1) is 5.92 Å². The molecule has 2 unspecified atom stereocenters. The van der Waals surface area contributed by atoms with Crippen molar-refractivity contribution < 1.29 is 10.2 Å². The fourth-order valence-corrected chi connectivity index (χ4v) is 2.06. The Morgan fingerprint density at radius 2 is 1.94 bits per heavy atom. The van der Waals surface area contributed by atoms with E-state index in [-0.39, 0.29) is 12.1 Å². The maximum atomic E-state index is 9.28. The van der Waals surface area contributed by atoms with Crippen molar-refractivity contribution in [2.75, 3.05) is 13.2 Å². The van der Waals surface area contributed by atoms with Gasteiger partial charge in [0.1, 0.15) is 0 Å². The zero-order valence-electron chi connectivity index (χ0n) is 11.3. The average Bonchev–Trinajstić information content (AvgIpc) is 2.22. The fraction of sp³-hybridized carbons (Fsp3) is 1.00. The van der Waals surface area contributed by atoms with E-state index in [1.807, 2.05) is 0 Å². The topological polar surface area (TPSA) is 52.5 Å². The van der Waals surface area contributed by atoms with Crippen LogP contribution in [-0.2, 0) is 0 Å². The number of β-amino-alcohol motifs (C(OH)–C–C–N with tert-alkyl or cyclic N) is 1. The van der Waals surface area contributed by atoms with Crippen molar-refractivity contribution in [1.82, 2.24) is 5.32 Å². The summed E-state index contributed by atoms with van der Waals surface area (Å²) in [7, 11) is 0. The van der Waals surface area contributed by atoms with Gasteiger partial charge in [-0.1, -0.05) is 33.1 Å². The highest BCUT2D eigenvalue weighted by molar-refractivity contribution is 4.80. The van der Waals surface area contributed by atoms with Gasteiger partial charge in [0.05, 0.1) is 12.7 Å². The summed E-state index contributed by atoms with van der Waals surface area (Å²) >= 11 is 0. The Morgan fingerprint density at radius 3 is 2.44 bits per heavy atom. The van der Waals surface area contributed by atoms with E-state index in [2.05, 4.69) is 33.0 Å². The molecule has 3 heteroatoms. The van der Waals surface area contributed by atoms with E-state index in [9.17, 15) is 5.11 Å². The summed E-state index contributed by atoms with van der Waals surface area (Å²) < 4.78 is 0. The molecule has 0 rings (SSSR count). The maximum Gasteiger partial charge on any atom is 0.0895 e. The standard InChI is InChI=1S/C13H29NO2/c1-5-6-7-11(2)8-13(3,4)14-9-12(16)10-15/h11-12,14-16H,5-10H2,1-4H3. The molecule has 0 spiro atoms. The van der Waals surface area contributed by atoms with E-state index < -0.39 is 6.10 Å². The number of hydrogen-bond acceptors (Lipinski definition) is 3. The Kier molecular flexibility index (Phi) is 7.98. The second-order valence-corrected chi connectivity index (χ2v) is 5.55. The van der Waals surface area contributed by atoms with Gasteiger partial charge in [0.25, 0.3) is 0 Å². The van der Waals surface area contributed by atoms with Gasteiger partial charge in [0.15, 0.2) is 0 Å². The Morgan fingerprint density at radius 1 is 1.31 bits per heavy atom. The molecule has 98 valence electrons. The van der Waals surface area contributed by atoms with E-state index >= 15 is 0 Å². The van der Waals surface area contributed by atoms with Crippen LogP contribution in [-0.4, -0.2) is 35.0 Å². The van der Waals surface area contributed by atoms with Crippen molar-refractivity contribution >= 4 is 0 Å². The quantitative estimate of drug-likeness (QED) is 0.568. The smallest absolute Gasteiger partial charge is 0.0895 e. The predicted octanol–water partition coefficient (Wildman–Crippen LogP) is 1.92. The third kappa shape index (κ3) is 8.08. The van der Waals surface area contributed by atoms with Gasteiger partial charge in [0, 0.05) is 12.1 Å². The molecule has 0 aliphatic rings. The summed E-state index contributed by atoms with van der Waals surface area (Å²) in [5.41, 5.74) is 0.0311. The lowest BCUT2D eigenvalue weighted by Crippen LogP contribution is -2.45. The summed E-state index contributed by atoms with van der Waals surface area (Å²) in [6.45, 7) is 9.09. The van der Waals surface area contributed by atoms with Crippen molar-refractivity contribution in [3.63, 3.8) is 0 Å². The number of aliphatic hydroxyl groups excluding tert-OH is 2. The molecular weight excluding hydrogens is 202 g/mol. The summed E-state index contributed by atoms with van der Waals surface area (Å²) in [5, 5.41) is 21.3. The molecule has 3 nitrogen and oxygen atoms in total. The Balaban J connectivity index is 3.84. The molecule has 16 heavy (non-hydrogen) atoms. The van der Waals surface area contributed by atoms with Crippen molar-refractivity contribution in [1.29, 1.82) is 0 Å². The molecule has 0 aliphatic carbocycles. The van der Waals surface area contributed by atoms with Gasteiger partial charge in [-0.2, -0.15) is 0 Å². The first-order valence-electron chi connectivity index (χ1n) is 6.45. The average molecular weight is 231 g/mol. The minimum Gasteiger partial charge on any atom is -0.394 e. The Hall–Kier alpha value is -0.120. The molecule has 0 aromatic rings. The molecule has 0 aromatic carbocycles. The minimum atomic E-state index is -0.648. The first-order valence-corrected chi connectivity index (χ1v) is 6.45. The normalized spacial score (nSPS) is 16.1. The summed E-state index contributed by atoms with van der Waals surface area (Å²) in [5.74, 6) is 0.703. The molecule has 0 heterocycles. The van der Waals surface area contributed by atoms with Gasteiger partial charge in [-0.15, -0.1) is 0 Å². The lowest BCUT2D eigenvalue weighted by molar-refractivity contribution is 0.0858. The molecule has 0 saturated heterocycles. The fourth-order valence-electron chi connectivity index (χ4n) is 2.06. The van der Waals surface area contributed by atoms with Crippen LogP contribution in [0.1, 0.15) is 53.4 Å². The van der Waals surface area contributed by atoms with Crippen molar-refractivity contribution in [3.8, 4) is 0 Å². The molecule has 0 bridgehead atoms. The van der Waals surface area contributed by atoms with Crippen LogP contribution < -0.4 is 5.32 Å². The van der Waals surface area contributed by atoms with E-state index in [0.717, 1.165) is 6.42 Å². The highest BCUT2D eigenvalue weighted by Gasteiger charge is 2.21. The largest absolute Gasteiger partial charge is 0.394 e. The number of rotatable bonds is 9. The number of unbranched alkanes of at least 4 members (excludes halogenated alkanes) is 1. The van der Waals surface area contributed by atoms with E-state index in [4.69, 9.17) is 5.11 Å². The molecule has 0 fully saturated rings. The minimum absolute atomic E-state index is 0.0311. The third-order valence-corrected chi connectivity index (χ3v) is 2.94. The van der Waals surface area contributed by atoms with Crippen LogP contribution in [0.3, 0.4) is 0 Å². The summed E-state index contributed by atoms with van der Waals surface area (Å²) in [4.78, 5) is 0. The second kappa shape index (κ2) is 8.04. The van der Waals surface area contributed by atoms with Crippen LogP contribution >= 0.6 is 0 Å². The van der Waals surface area contributed by atoms with Crippen molar-refractivity contribution in [3.05, 3.63) is 0 Å². The molecule has 0 saturated carbocycles. The van der Waals surface area contributed by atoms with Crippen LogP contribution in [0.25, 0.3) is 0 Å². The van der Waals surface area contributed by atoms with E-state index in [1.54, 1.807) is 0 Å². The number of aliphatic hydroxyl groups is 2. The molecule has 0 aliphatic heterocycles. The lowest BCUT2D eigenvalue weighted by Gasteiger charge is -2.30. The van der Waals surface area contributed by atoms with Gasteiger partial charge >= 0.3 is 0 Å². The number of hydrogen-bond donors (Lipinski definition) is 3. The SMILES string of the molecule is CCCCC(C)CC(C)(C)NCC(O)CO. The first kappa shape index (κ1) is 15.9. The predicted molar refractivity (Wildman–Crippen MR) is 68.5 cm³/mol. The molecule has 0 aromatic heterocycles. The molecule has 3 N–H and O–H groups in total. The van der Waals surface area contributed by atoms with Crippen molar-refractivity contribution in [2.24, 2.45) is 5.92 Å². The summed E-state index contributed by atoms with van der Waals surface area (Å²) in [6.07, 6.45) is 4.26. The number of nitrogens with one attached hydrogen (secondary N) is 1. The van der Waals surface area contributed by atoms with Gasteiger partial charge in [-0.3, -0.25) is 0 Å². The zero-order chi connectivity index (χ0) is 12.6. The van der Waals surface area contributed by atoms with Gasteiger partial charge in [0.2, 0.25) is 0 Å². The molecule has 2 atom stereocenters. The highest BCUT2D eigenvalue weighted by Crippen LogP contribution is 2.20. The van der Waals surface area contributed by atoms with Gasteiger partial charge in [-0.25, -0.2) is 0 Å². The van der Waals surface area contributed by atoms with Gasteiger partial charge < -0.3 is 15.5 Å². The lowest BCUT2D eigenvalue weighted by atomic mass is 9.88. The van der Waals surface area contributed by atoms with Crippen LogP contribution in [0.15, 0.2) is 0 Å². The van der Waals surface area contributed by atoms with Crippen LogP contribution in [0.4, 0.5) is 0 Å². The second-order valence-electron chi connectivity index (χ2n) is 5.55. The first-order chi connectivity index (χ1) is 7.41. The molecule has 0 radical (unpaired) electrons. The zero-order valence-corrected chi connectivity index (χ0v) is 11.3.